The zero-order chi connectivity index (χ0) is 22.1. The Morgan fingerprint density at radius 2 is 1.66 bits per heavy atom. The standard InChI is InChI=1S/C25H24N4O3/c30-21(26-15-18-7-3-1-4-8-18)20-16-28-13-11-25(24(28)27-22(20)31)12-14-29(17-25)23(32)19-9-5-2-6-10-19/h1-10,16H,11-15,17H2,(H,26,30)/t25-/m1/s1. The van der Waals surface area contributed by atoms with Gasteiger partial charge in [0.1, 0.15) is 11.4 Å². The lowest BCUT2D eigenvalue weighted by Gasteiger charge is -2.23. The molecule has 2 aliphatic rings. The SMILES string of the molecule is O=C(NCc1ccccc1)c1cn2c(nc1=O)[C@@]1(CCN(C(=O)c3ccccc3)C1)CC2. The van der Waals surface area contributed by atoms with Crippen molar-refractivity contribution in [3.8, 4) is 0 Å². The highest BCUT2D eigenvalue weighted by Gasteiger charge is 2.47. The van der Waals surface area contributed by atoms with E-state index in [4.69, 9.17) is 0 Å². The summed E-state index contributed by atoms with van der Waals surface area (Å²) >= 11 is 0. The fourth-order valence-corrected chi connectivity index (χ4v) is 4.76. The van der Waals surface area contributed by atoms with E-state index >= 15 is 0 Å². The summed E-state index contributed by atoms with van der Waals surface area (Å²) in [7, 11) is 0. The Morgan fingerprint density at radius 3 is 2.41 bits per heavy atom. The minimum Gasteiger partial charge on any atom is -0.348 e. The second kappa shape index (κ2) is 8.07. The Kier molecular flexibility index (Phi) is 5.09. The molecule has 3 aromatic rings. The number of nitrogens with one attached hydrogen (secondary N) is 1. The Hall–Kier alpha value is -3.74. The van der Waals surface area contributed by atoms with E-state index in [0.717, 1.165) is 18.4 Å². The van der Waals surface area contributed by atoms with Gasteiger partial charge in [-0.25, -0.2) is 0 Å². The predicted octanol–water partition coefficient (Wildman–Crippen LogP) is 2.36. The first-order chi connectivity index (χ1) is 15.6. The number of hydrogen-bond donors (Lipinski definition) is 1. The number of amides is 2. The molecule has 1 fully saturated rings. The second-order valence-electron chi connectivity index (χ2n) is 8.52. The van der Waals surface area contributed by atoms with Crippen molar-refractivity contribution in [2.45, 2.75) is 31.3 Å². The van der Waals surface area contributed by atoms with Crippen molar-refractivity contribution in [1.82, 2.24) is 19.8 Å². The average molecular weight is 428 g/mol. The number of rotatable bonds is 4. The van der Waals surface area contributed by atoms with E-state index in [9.17, 15) is 14.4 Å². The molecule has 1 N–H and O–H groups in total. The number of aryl methyl sites for hydroxylation is 1. The van der Waals surface area contributed by atoms with Gasteiger partial charge in [0.05, 0.1) is 0 Å². The minimum atomic E-state index is -0.518. The summed E-state index contributed by atoms with van der Waals surface area (Å²) in [5.41, 5.74) is 0.831. The van der Waals surface area contributed by atoms with Gasteiger partial charge in [0, 0.05) is 43.4 Å². The molecule has 1 saturated heterocycles. The zero-order valence-electron chi connectivity index (χ0n) is 17.7. The first-order valence-electron chi connectivity index (χ1n) is 10.8. The van der Waals surface area contributed by atoms with Crippen LogP contribution in [-0.2, 0) is 18.5 Å². The third-order valence-electron chi connectivity index (χ3n) is 6.50. The molecule has 7 nitrogen and oxygen atoms in total. The molecule has 1 aromatic heterocycles. The Morgan fingerprint density at radius 1 is 0.969 bits per heavy atom. The molecule has 2 aromatic carbocycles. The average Bonchev–Trinajstić information content (AvgIpc) is 3.42. The predicted molar refractivity (Wildman–Crippen MR) is 119 cm³/mol. The van der Waals surface area contributed by atoms with Gasteiger partial charge in [-0.3, -0.25) is 14.4 Å². The van der Waals surface area contributed by atoms with Gasteiger partial charge in [0.2, 0.25) is 0 Å². The molecule has 2 amide bonds. The molecule has 0 aliphatic carbocycles. The van der Waals surface area contributed by atoms with Gasteiger partial charge in [-0.05, 0) is 30.5 Å². The van der Waals surface area contributed by atoms with Gasteiger partial charge in [-0.2, -0.15) is 4.98 Å². The fourth-order valence-electron chi connectivity index (χ4n) is 4.76. The van der Waals surface area contributed by atoms with Crippen molar-refractivity contribution < 1.29 is 9.59 Å². The molecule has 0 bridgehead atoms. The maximum absolute atomic E-state index is 12.9. The Labute approximate surface area is 185 Å². The first-order valence-corrected chi connectivity index (χ1v) is 10.8. The number of benzene rings is 2. The van der Waals surface area contributed by atoms with Crippen LogP contribution in [0, 0.1) is 0 Å². The third kappa shape index (κ3) is 3.60. The van der Waals surface area contributed by atoms with Gasteiger partial charge >= 0.3 is 0 Å². The van der Waals surface area contributed by atoms with Crippen LogP contribution in [0.25, 0.3) is 0 Å². The maximum atomic E-state index is 12.9. The quantitative estimate of drug-likeness (QED) is 0.692. The fraction of sp³-hybridized carbons (Fsp3) is 0.280. The second-order valence-corrected chi connectivity index (χ2v) is 8.52. The molecule has 0 radical (unpaired) electrons. The van der Waals surface area contributed by atoms with Gasteiger partial charge in [0.15, 0.2) is 0 Å². The summed E-state index contributed by atoms with van der Waals surface area (Å²) in [6, 6.07) is 18.8. The van der Waals surface area contributed by atoms with Crippen molar-refractivity contribution in [3.05, 3.63) is 99.7 Å². The summed E-state index contributed by atoms with van der Waals surface area (Å²) in [6.45, 7) is 2.19. The van der Waals surface area contributed by atoms with Crippen LogP contribution in [0.5, 0.6) is 0 Å². The molecule has 2 aliphatic heterocycles. The molecule has 0 unspecified atom stereocenters. The molecule has 0 saturated carbocycles. The highest BCUT2D eigenvalue weighted by Crippen LogP contribution is 2.41. The molecule has 7 heteroatoms. The van der Waals surface area contributed by atoms with E-state index in [1.54, 1.807) is 6.20 Å². The molecule has 162 valence electrons. The highest BCUT2D eigenvalue weighted by molar-refractivity contribution is 5.94. The Bertz CT molecular complexity index is 1220. The van der Waals surface area contributed by atoms with Crippen LogP contribution in [0.15, 0.2) is 71.7 Å². The summed E-state index contributed by atoms with van der Waals surface area (Å²) < 4.78 is 1.91. The normalized spacial score (nSPS) is 19.2. The van der Waals surface area contributed by atoms with E-state index in [1.807, 2.05) is 70.1 Å². The van der Waals surface area contributed by atoms with Crippen molar-refractivity contribution in [3.63, 3.8) is 0 Å². The minimum absolute atomic E-state index is 0.000168. The van der Waals surface area contributed by atoms with E-state index in [0.29, 0.717) is 37.6 Å². The molecular weight excluding hydrogens is 404 g/mol. The van der Waals surface area contributed by atoms with Crippen LogP contribution in [0.1, 0.15) is 44.9 Å². The number of likely N-dealkylation sites (tertiary alicyclic amines) is 1. The third-order valence-corrected chi connectivity index (χ3v) is 6.50. The number of nitrogens with zero attached hydrogens (tertiary/aromatic N) is 3. The molecule has 5 rings (SSSR count). The first kappa shape index (κ1) is 20.2. The molecule has 32 heavy (non-hydrogen) atoms. The summed E-state index contributed by atoms with van der Waals surface area (Å²) in [5.74, 6) is 0.264. The van der Waals surface area contributed by atoms with E-state index in [2.05, 4.69) is 10.3 Å². The lowest BCUT2D eigenvalue weighted by Crippen LogP contribution is -2.36. The smallest absolute Gasteiger partial charge is 0.285 e. The molecular formula is C25H24N4O3. The number of hydrogen-bond acceptors (Lipinski definition) is 4. The highest BCUT2D eigenvalue weighted by atomic mass is 16.2. The van der Waals surface area contributed by atoms with Crippen molar-refractivity contribution in [1.29, 1.82) is 0 Å². The van der Waals surface area contributed by atoms with Gasteiger partial charge in [-0.1, -0.05) is 48.5 Å². The zero-order valence-corrected chi connectivity index (χ0v) is 17.7. The van der Waals surface area contributed by atoms with Gasteiger partial charge in [-0.15, -0.1) is 0 Å². The Balaban J connectivity index is 1.34. The number of aromatic nitrogens is 2. The van der Waals surface area contributed by atoms with Crippen LogP contribution in [-0.4, -0.2) is 39.4 Å². The van der Waals surface area contributed by atoms with Crippen LogP contribution >= 0.6 is 0 Å². The molecule has 1 spiro atoms. The van der Waals surface area contributed by atoms with E-state index in [1.165, 1.54) is 0 Å². The maximum Gasteiger partial charge on any atom is 0.285 e. The number of carbonyl (C=O) groups is 2. The summed E-state index contributed by atoms with van der Waals surface area (Å²) in [5, 5.41) is 2.80. The van der Waals surface area contributed by atoms with Gasteiger partial charge in [0.25, 0.3) is 17.4 Å². The lowest BCUT2D eigenvalue weighted by molar-refractivity contribution is 0.0783. The number of carbonyl (C=O) groups excluding carboxylic acids is 2. The molecule has 1 atom stereocenters. The van der Waals surface area contributed by atoms with E-state index in [-0.39, 0.29) is 16.9 Å². The lowest BCUT2D eigenvalue weighted by atomic mass is 9.85. The molecule has 3 heterocycles. The van der Waals surface area contributed by atoms with Crippen LogP contribution in [0.3, 0.4) is 0 Å². The largest absolute Gasteiger partial charge is 0.348 e. The van der Waals surface area contributed by atoms with Crippen LogP contribution < -0.4 is 10.9 Å². The summed E-state index contributed by atoms with van der Waals surface area (Å²) in [6.07, 6.45) is 3.19. The monoisotopic (exact) mass is 428 g/mol. The van der Waals surface area contributed by atoms with Crippen molar-refractivity contribution >= 4 is 11.8 Å². The summed E-state index contributed by atoms with van der Waals surface area (Å²) in [4.78, 5) is 44.4. The number of fused-ring (bicyclic) bond motifs is 2. The van der Waals surface area contributed by atoms with Crippen LogP contribution in [0.2, 0.25) is 0 Å². The van der Waals surface area contributed by atoms with Crippen LogP contribution in [0.4, 0.5) is 0 Å². The van der Waals surface area contributed by atoms with Gasteiger partial charge < -0.3 is 14.8 Å². The van der Waals surface area contributed by atoms with Crippen molar-refractivity contribution in [2.24, 2.45) is 0 Å². The topological polar surface area (TPSA) is 84.3 Å². The van der Waals surface area contributed by atoms with Crippen molar-refractivity contribution in [2.75, 3.05) is 13.1 Å². The van der Waals surface area contributed by atoms with E-state index < -0.39 is 11.5 Å².